The molecule has 1 unspecified atom stereocenters. The summed E-state index contributed by atoms with van der Waals surface area (Å²) in [7, 11) is -3.71. The van der Waals surface area contributed by atoms with Gasteiger partial charge in [-0.1, -0.05) is 30.3 Å². The van der Waals surface area contributed by atoms with Gasteiger partial charge >= 0.3 is 0 Å². The third-order valence-corrected chi connectivity index (χ3v) is 7.91. The number of rotatable bonds is 8. The SMILES string of the molecule is CCNC(=NCCS(=O)(=O)c1ccccc1F)N1CCC(CSc2ccccc2)C1.I. The number of aliphatic imine (C=N–C) groups is 1. The minimum absolute atomic E-state index is 0. The van der Waals surface area contributed by atoms with Crippen LogP contribution in [0.5, 0.6) is 0 Å². The van der Waals surface area contributed by atoms with Crippen molar-refractivity contribution in [3.8, 4) is 0 Å². The van der Waals surface area contributed by atoms with Crippen LogP contribution in [0.2, 0.25) is 0 Å². The Kier molecular flexibility index (Phi) is 10.6. The van der Waals surface area contributed by atoms with Gasteiger partial charge in [0.05, 0.1) is 12.3 Å². The van der Waals surface area contributed by atoms with Crippen LogP contribution in [-0.2, 0) is 9.84 Å². The molecule has 2 aromatic carbocycles. The predicted molar refractivity (Wildman–Crippen MR) is 137 cm³/mol. The molecule has 1 fully saturated rings. The summed E-state index contributed by atoms with van der Waals surface area (Å²) in [6.07, 6.45) is 1.08. The van der Waals surface area contributed by atoms with E-state index in [9.17, 15) is 12.8 Å². The Morgan fingerprint density at radius 1 is 1.19 bits per heavy atom. The zero-order valence-electron chi connectivity index (χ0n) is 17.5. The molecule has 5 nitrogen and oxygen atoms in total. The molecule has 0 bridgehead atoms. The lowest BCUT2D eigenvalue weighted by Crippen LogP contribution is -2.40. The molecule has 1 atom stereocenters. The Balaban J connectivity index is 0.00000341. The highest BCUT2D eigenvalue weighted by Gasteiger charge is 2.25. The molecule has 31 heavy (non-hydrogen) atoms. The zero-order chi connectivity index (χ0) is 21.4. The number of likely N-dealkylation sites (tertiary alicyclic amines) is 1. The van der Waals surface area contributed by atoms with E-state index < -0.39 is 15.7 Å². The van der Waals surface area contributed by atoms with Gasteiger partial charge in [-0.3, -0.25) is 4.99 Å². The Hall–Kier alpha value is -1.33. The third kappa shape index (κ3) is 7.64. The molecule has 0 saturated carbocycles. The molecule has 0 spiro atoms. The van der Waals surface area contributed by atoms with Crippen LogP contribution in [0.25, 0.3) is 0 Å². The van der Waals surface area contributed by atoms with Crippen LogP contribution in [-0.4, -0.2) is 57.0 Å². The van der Waals surface area contributed by atoms with Gasteiger partial charge in [0.2, 0.25) is 0 Å². The van der Waals surface area contributed by atoms with Gasteiger partial charge in [0, 0.05) is 30.3 Å². The molecule has 1 heterocycles. The van der Waals surface area contributed by atoms with Crippen molar-refractivity contribution in [1.29, 1.82) is 0 Å². The summed E-state index contributed by atoms with van der Waals surface area (Å²) in [5.41, 5.74) is 0. The van der Waals surface area contributed by atoms with Crippen molar-refractivity contribution in [2.24, 2.45) is 10.9 Å². The van der Waals surface area contributed by atoms with Gasteiger partial charge < -0.3 is 10.2 Å². The van der Waals surface area contributed by atoms with Crippen LogP contribution in [0.15, 0.2) is 69.4 Å². The molecule has 170 valence electrons. The van der Waals surface area contributed by atoms with E-state index in [-0.39, 0.29) is 41.2 Å². The molecule has 1 aliphatic heterocycles. The fraction of sp³-hybridized carbons (Fsp3) is 0.409. The Labute approximate surface area is 205 Å². The normalized spacial score (nSPS) is 16.8. The quantitative estimate of drug-likeness (QED) is 0.220. The van der Waals surface area contributed by atoms with Crippen LogP contribution in [0, 0.1) is 11.7 Å². The maximum absolute atomic E-state index is 13.8. The largest absolute Gasteiger partial charge is 0.357 e. The van der Waals surface area contributed by atoms with Gasteiger partial charge in [-0.2, -0.15) is 0 Å². The molecule has 0 aromatic heterocycles. The lowest BCUT2D eigenvalue weighted by Gasteiger charge is -2.21. The lowest BCUT2D eigenvalue weighted by molar-refractivity contribution is 0.475. The molecule has 1 aliphatic rings. The molecule has 0 amide bonds. The number of sulfone groups is 1. The first kappa shape index (κ1) is 25.9. The van der Waals surface area contributed by atoms with E-state index >= 15 is 0 Å². The van der Waals surface area contributed by atoms with E-state index in [4.69, 9.17) is 0 Å². The van der Waals surface area contributed by atoms with Crippen molar-refractivity contribution in [1.82, 2.24) is 10.2 Å². The summed E-state index contributed by atoms with van der Waals surface area (Å²) in [4.78, 5) is 7.71. The van der Waals surface area contributed by atoms with Gasteiger partial charge in [-0.15, -0.1) is 35.7 Å². The Bertz CT molecular complexity index is 958. The number of halogens is 2. The van der Waals surface area contributed by atoms with Gasteiger partial charge in [-0.25, -0.2) is 12.8 Å². The summed E-state index contributed by atoms with van der Waals surface area (Å²) < 4.78 is 38.7. The molecule has 0 aliphatic carbocycles. The van der Waals surface area contributed by atoms with Gasteiger partial charge in [0.15, 0.2) is 15.8 Å². The highest BCUT2D eigenvalue weighted by atomic mass is 127. The first-order chi connectivity index (χ1) is 14.5. The maximum atomic E-state index is 13.8. The topological polar surface area (TPSA) is 61.8 Å². The number of hydrogen-bond acceptors (Lipinski definition) is 4. The molecule has 1 saturated heterocycles. The van der Waals surface area contributed by atoms with Crippen molar-refractivity contribution in [2.45, 2.75) is 23.1 Å². The van der Waals surface area contributed by atoms with Crippen LogP contribution in [0.1, 0.15) is 13.3 Å². The van der Waals surface area contributed by atoms with Crippen LogP contribution in [0.3, 0.4) is 0 Å². The Morgan fingerprint density at radius 2 is 1.90 bits per heavy atom. The minimum atomic E-state index is -3.71. The summed E-state index contributed by atoms with van der Waals surface area (Å²) >= 11 is 1.86. The second-order valence-electron chi connectivity index (χ2n) is 7.21. The van der Waals surface area contributed by atoms with E-state index in [1.54, 1.807) is 0 Å². The number of thioether (sulfide) groups is 1. The monoisotopic (exact) mass is 577 g/mol. The highest BCUT2D eigenvalue weighted by molar-refractivity contribution is 14.0. The zero-order valence-corrected chi connectivity index (χ0v) is 21.5. The summed E-state index contributed by atoms with van der Waals surface area (Å²) in [6.45, 7) is 4.58. The second kappa shape index (κ2) is 12.6. The maximum Gasteiger partial charge on any atom is 0.193 e. The van der Waals surface area contributed by atoms with E-state index in [0.717, 1.165) is 37.3 Å². The average molecular weight is 578 g/mol. The molecular weight excluding hydrogens is 548 g/mol. The summed E-state index contributed by atoms with van der Waals surface area (Å²) in [5, 5.41) is 3.26. The van der Waals surface area contributed by atoms with Crippen LogP contribution < -0.4 is 5.32 Å². The first-order valence-corrected chi connectivity index (χ1v) is 12.8. The summed E-state index contributed by atoms with van der Waals surface area (Å²) in [6, 6.07) is 15.8. The molecular formula is C22H29FIN3O2S2. The van der Waals surface area contributed by atoms with Crippen molar-refractivity contribution in [3.05, 3.63) is 60.4 Å². The van der Waals surface area contributed by atoms with E-state index in [1.165, 1.54) is 23.1 Å². The minimum Gasteiger partial charge on any atom is -0.357 e. The fourth-order valence-electron chi connectivity index (χ4n) is 3.40. The van der Waals surface area contributed by atoms with Gasteiger partial charge in [0.25, 0.3) is 0 Å². The molecule has 3 rings (SSSR count). The van der Waals surface area contributed by atoms with E-state index in [0.29, 0.717) is 12.5 Å². The van der Waals surface area contributed by atoms with Crippen molar-refractivity contribution in [2.75, 3.05) is 37.7 Å². The number of nitrogens with one attached hydrogen (secondary N) is 1. The standard InChI is InChI=1S/C22H28FN3O2S2.HI/c1-2-24-22(25-13-15-30(27,28)21-11-7-6-10-20(21)23)26-14-12-18(16-26)17-29-19-8-4-3-5-9-19;/h3-11,18H,2,12-17H2,1H3,(H,24,25);1H. The lowest BCUT2D eigenvalue weighted by atomic mass is 10.2. The molecule has 9 heteroatoms. The number of benzene rings is 2. The van der Waals surface area contributed by atoms with E-state index in [1.807, 2.05) is 24.8 Å². The number of nitrogens with zero attached hydrogens (tertiary/aromatic N) is 2. The average Bonchev–Trinajstić information content (AvgIpc) is 3.21. The number of hydrogen-bond donors (Lipinski definition) is 1. The first-order valence-electron chi connectivity index (χ1n) is 10.2. The van der Waals surface area contributed by atoms with E-state index in [2.05, 4.69) is 39.5 Å². The fourth-order valence-corrected chi connectivity index (χ4v) is 5.65. The van der Waals surface area contributed by atoms with Crippen molar-refractivity contribution in [3.63, 3.8) is 0 Å². The predicted octanol–water partition coefficient (Wildman–Crippen LogP) is 4.30. The van der Waals surface area contributed by atoms with Crippen molar-refractivity contribution >= 4 is 51.5 Å². The molecule has 0 radical (unpaired) electrons. The van der Waals surface area contributed by atoms with Gasteiger partial charge in [-0.05, 0) is 43.5 Å². The molecule has 1 N–H and O–H groups in total. The Morgan fingerprint density at radius 3 is 2.61 bits per heavy atom. The third-order valence-electron chi connectivity index (χ3n) is 4.94. The van der Waals surface area contributed by atoms with Crippen LogP contribution in [0.4, 0.5) is 4.39 Å². The van der Waals surface area contributed by atoms with Crippen LogP contribution >= 0.6 is 35.7 Å². The van der Waals surface area contributed by atoms with Crippen molar-refractivity contribution < 1.29 is 12.8 Å². The smallest absolute Gasteiger partial charge is 0.193 e. The molecule has 2 aromatic rings. The second-order valence-corrected chi connectivity index (χ2v) is 10.4. The van der Waals surface area contributed by atoms with Gasteiger partial charge in [0.1, 0.15) is 10.7 Å². The highest BCUT2D eigenvalue weighted by Crippen LogP contribution is 2.26. The summed E-state index contributed by atoms with van der Waals surface area (Å²) in [5.74, 6) is 1.40. The number of guanidine groups is 1.